The van der Waals surface area contributed by atoms with Gasteiger partial charge in [0.2, 0.25) is 0 Å². The van der Waals surface area contributed by atoms with Crippen LogP contribution in [0.25, 0.3) is 0 Å². The van der Waals surface area contributed by atoms with Crippen molar-refractivity contribution in [1.29, 1.82) is 0 Å². The van der Waals surface area contributed by atoms with E-state index in [9.17, 15) is 19.2 Å². The molecule has 0 radical (unpaired) electrons. The van der Waals surface area contributed by atoms with E-state index in [2.05, 4.69) is 17.2 Å². The van der Waals surface area contributed by atoms with Gasteiger partial charge in [0, 0.05) is 5.69 Å². The van der Waals surface area contributed by atoms with Crippen LogP contribution in [0.1, 0.15) is 35.8 Å². The third kappa shape index (κ3) is 5.07. The third-order valence-corrected chi connectivity index (χ3v) is 3.57. The molecule has 2 aromatic rings. The number of carbonyl (C=O) groups excluding carboxylic acids is 2. The van der Waals surface area contributed by atoms with Crippen LogP contribution in [0, 0.1) is 0 Å². The Balaban J connectivity index is 1.91. The number of aromatic amines is 2. The van der Waals surface area contributed by atoms with Crippen LogP contribution in [0.5, 0.6) is 0 Å². The minimum Gasteiger partial charge on any atom is -0.451 e. The number of benzene rings is 1. The van der Waals surface area contributed by atoms with E-state index in [-0.39, 0.29) is 0 Å². The number of unbranched alkanes of at least 4 members (excludes halogenated alkanes) is 1. The average molecular weight is 360 g/mol. The van der Waals surface area contributed by atoms with Gasteiger partial charge in [-0.3, -0.25) is 19.6 Å². The molecule has 0 atom stereocenters. The van der Waals surface area contributed by atoms with Crippen LogP contribution in [-0.2, 0) is 16.0 Å². The largest absolute Gasteiger partial charge is 0.451 e. The molecule has 1 heterocycles. The molecule has 0 unspecified atom stereocenters. The van der Waals surface area contributed by atoms with Gasteiger partial charge in [0.1, 0.15) is 5.69 Å². The van der Waals surface area contributed by atoms with Gasteiger partial charge in [-0.1, -0.05) is 25.5 Å². The lowest BCUT2D eigenvalue weighted by Gasteiger charge is -2.08. The maximum Gasteiger partial charge on any atom is 0.357 e. The molecule has 0 spiro atoms. The van der Waals surface area contributed by atoms with E-state index >= 15 is 0 Å². The van der Waals surface area contributed by atoms with Crippen LogP contribution in [0.3, 0.4) is 0 Å². The number of esters is 1. The lowest BCUT2D eigenvalue weighted by molar-refractivity contribution is -0.119. The number of anilines is 2. The Labute approximate surface area is 148 Å². The van der Waals surface area contributed by atoms with E-state index < -0.39 is 41.1 Å². The topological polar surface area (TPSA) is 147 Å². The number of aryl methyl sites for hydroxylation is 1. The normalized spacial score (nSPS) is 10.3. The molecule has 0 aliphatic rings. The van der Waals surface area contributed by atoms with Crippen LogP contribution in [0.4, 0.5) is 11.4 Å². The first kappa shape index (κ1) is 19.0. The minimum atomic E-state index is -1.07. The van der Waals surface area contributed by atoms with E-state index in [0.717, 1.165) is 19.3 Å². The van der Waals surface area contributed by atoms with Crippen LogP contribution < -0.4 is 22.3 Å². The number of carbonyl (C=O) groups is 2. The molecular weight excluding hydrogens is 340 g/mol. The molecule has 5 N–H and O–H groups in total. The molecule has 26 heavy (non-hydrogen) atoms. The Kier molecular flexibility index (Phi) is 6.31. The van der Waals surface area contributed by atoms with Crippen molar-refractivity contribution in [2.45, 2.75) is 26.2 Å². The van der Waals surface area contributed by atoms with Gasteiger partial charge < -0.3 is 15.8 Å². The summed E-state index contributed by atoms with van der Waals surface area (Å²) in [5.74, 6) is -1.64. The summed E-state index contributed by atoms with van der Waals surface area (Å²) < 4.78 is 4.78. The molecule has 1 aromatic heterocycles. The highest BCUT2D eigenvalue weighted by molar-refractivity contribution is 5.96. The molecular formula is C17H20N4O5. The predicted octanol–water partition coefficient (Wildman–Crippen LogP) is 0.783. The van der Waals surface area contributed by atoms with Crippen molar-refractivity contribution in [2.24, 2.45) is 0 Å². The lowest BCUT2D eigenvalue weighted by atomic mass is 10.1. The standard InChI is InChI=1S/C17H20N4O5/c1-2-3-4-10-5-7-11(8-6-10)19-12(22)9-26-16(24)14-13(18)15(23)21-17(25)20-14/h5-8H,2-4,9,18H2,1H3,(H,19,22)(H2,20,21,23,25). The molecule has 0 bridgehead atoms. The van der Waals surface area contributed by atoms with Gasteiger partial charge in [0.15, 0.2) is 12.3 Å². The molecule has 1 amide bonds. The fourth-order valence-corrected chi connectivity index (χ4v) is 2.19. The Morgan fingerprint density at radius 1 is 1.15 bits per heavy atom. The first-order valence-corrected chi connectivity index (χ1v) is 8.08. The van der Waals surface area contributed by atoms with Crippen molar-refractivity contribution in [3.8, 4) is 0 Å². The van der Waals surface area contributed by atoms with Crippen LogP contribution >= 0.6 is 0 Å². The third-order valence-electron chi connectivity index (χ3n) is 3.57. The summed E-state index contributed by atoms with van der Waals surface area (Å²) in [6.45, 7) is 1.52. The van der Waals surface area contributed by atoms with Crippen molar-refractivity contribution in [1.82, 2.24) is 9.97 Å². The Bertz CT molecular complexity index is 899. The van der Waals surface area contributed by atoms with E-state index in [0.29, 0.717) is 5.69 Å². The first-order valence-electron chi connectivity index (χ1n) is 8.08. The first-order chi connectivity index (χ1) is 12.4. The number of ether oxygens (including phenoxy) is 1. The smallest absolute Gasteiger partial charge is 0.357 e. The Morgan fingerprint density at radius 2 is 1.85 bits per heavy atom. The summed E-state index contributed by atoms with van der Waals surface area (Å²) in [6.07, 6.45) is 3.17. The van der Waals surface area contributed by atoms with Crippen molar-refractivity contribution in [3.63, 3.8) is 0 Å². The quantitative estimate of drug-likeness (QED) is 0.537. The lowest BCUT2D eigenvalue weighted by Crippen LogP contribution is -2.30. The maximum atomic E-state index is 11.9. The summed E-state index contributed by atoms with van der Waals surface area (Å²) >= 11 is 0. The molecule has 2 rings (SSSR count). The highest BCUT2D eigenvalue weighted by atomic mass is 16.5. The van der Waals surface area contributed by atoms with Gasteiger partial charge in [0.05, 0.1) is 0 Å². The molecule has 1 aromatic carbocycles. The van der Waals surface area contributed by atoms with Gasteiger partial charge in [0.25, 0.3) is 11.5 Å². The van der Waals surface area contributed by atoms with Gasteiger partial charge in [-0.05, 0) is 30.5 Å². The summed E-state index contributed by atoms with van der Waals surface area (Å²) in [5.41, 5.74) is 4.36. The minimum absolute atomic E-state index is 0.488. The molecule has 9 heteroatoms. The van der Waals surface area contributed by atoms with Crippen molar-refractivity contribution in [3.05, 3.63) is 56.4 Å². The van der Waals surface area contributed by atoms with Crippen molar-refractivity contribution >= 4 is 23.3 Å². The summed E-state index contributed by atoms with van der Waals surface area (Å²) in [6, 6.07) is 7.35. The molecule has 0 aliphatic carbocycles. The molecule has 138 valence electrons. The number of nitrogens with one attached hydrogen (secondary N) is 3. The number of aromatic nitrogens is 2. The highest BCUT2D eigenvalue weighted by Crippen LogP contribution is 2.12. The van der Waals surface area contributed by atoms with Crippen LogP contribution in [-0.4, -0.2) is 28.5 Å². The monoisotopic (exact) mass is 360 g/mol. The van der Waals surface area contributed by atoms with Gasteiger partial charge in [-0.2, -0.15) is 0 Å². The second-order valence-corrected chi connectivity index (χ2v) is 5.62. The fourth-order valence-electron chi connectivity index (χ4n) is 2.19. The van der Waals surface area contributed by atoms with Gasteiger partial charge >= 0.3 is 11.7 Å². The number of rotatable bonds is 7. The Hall–Kier alpha value is -3.36. The van der Waals surface area contributed by atoms with E-state index in [1.807, 2.05) is 17.1 Å². The molecule has 0 saturated heterocycles. The number of hydrogen-bond donors (Lipinski definition) is 4. The van der Waals surface area contributed by atoms with Crippen LogP contribution in [0.2, 0.25) is 0 Å². The van der Waals surface area contributed by atoms with E-state index in [1.165, 1.54) is 5.56 Å². The molecule has 0 saturated carbocycles. The zero-order valence-electron chi connectivity index (χ0n) is 14.3. The SMILES string of the molecule is CCCCc1ccc(NC(=O)COC(=O)c2[nH]c(=O)[nH]c(=O)c2N)cc1. The highest BCUT2D eigenvalue weighted by Gasteiger charge is 2.17. The molecule has 0 aliphatic heterocycles. The number of amides is 1. The molecule has 9 nitrogen and oxygen atoms in total. The summed E-state index contributed by atoms with van der Waals surface area (Å²) in [5, 5.41) is 2.58. The number of nitrogens with two attached hydrogens (primary N) is 1. The molecule has 0 fully saturated rings. The second-order valence-electron chi connectivity index (χ2n) is 5.62. The van der Waals surface area contributed by atoms with Gasteiger partial charge in [-0.25, -0.2) is 9.59 Å². The number of hydrogen-bond acceptors (Lipinski definition) is 6. The van der Waals surface area contributed by atoms with E-state index in [4.69, 9.17) is 10.5 Å². The summed E-state index contributed by atoms with van der Waals surface area (Å²) in [7, 11) is 0. The van der Waals surface area contributed by atoms with Gasteiger partial charge in [-0.15, -0.1) is 0 Å². The fraction of sp³-hybridized carbons (Fsp3) is 0.294. The second kappa shape index (κ2) is 8.65. The van der Waals surface area contributed by atoms with E-state index in [1.54, 1.807) is 12.1 Å². The zero-order chi connectivity index (χ0) is 19.1. The average Bonchev–Trinajstić information content (AvgIpc) is 2.62. The zero-order valence-corrected chi connectivity index (χ0v) is 14.3. The Morgan fingerprint density at radius 3 is 2.50 bits per heavy atom. The predicted molar refractivity (Wildman–Crippen MR) is 96.1 cm³/mol. The van der Waals surface area contributed by atoms with Crippen molar-refractivity contribution in [2.75, 3.05) is 17.7 Å². The van der Waals surface area contributed by atoms with Crippen molar-refractivity contribution < 1.29 is 14.3 Å². The number of nitrogen functional groups attached to an aromatic ring is 1. The van der Waals surface area contributed by atoms with Crippen LogP contribution in [0.15, 0.2) is 33.9 Å². The number of H-pyrrole nitrogens is 2. The summed E-state index contributed by atoms with van der Waals surface area (Å²) in [4.78, 5) is 50.2. The maximum absolute atomic E-state index is 11.9.